The molecular formula is C11H16ClN. The predicted molar refractivity (Wildman–Crippen MR) is 58.2 cm³/mol. The summed E-state index contributed by atoms with van der Waals surface area (Å²) in [5, 5.41) is 3.52. The topological polar surface area (TPSA) is 12.0 Å². The van der Waals surface area contributed by atoms with Crippen LogP contribution in [0.5, 0.6) is 0 Å². The standard InChI is InChI=1S/C11H15N.ClH/c1-9-7-11(12-8-9)10-5-3-2-4-6-10;/h2-6,9,11-12H,7-8H2,1H3;1H. The van der Waals surface area contributed by atoms with E-state index in [9.17, 15) is 0 Å². The summed E-state index contributed by atoms with van der Waals surface area (Å²) in [4.78, 5) is 0. The van der Waals surface area contributed by atoms with Crippen molar-refractivity contribution in [2.24, 2.45) is 5.92 Å². The molecule has 2 rings (SSSR count). The molecule has 2 heteroatoms. The smallest absolute Gasteiger partial charge is 0.0323 e. The number of benzene rings is 1. The van der Waals surface area contributed by atoms with Crippen LogP contribution in [0.2, 0.25) is 0 Å². The Kier molecular flexibility index (Phi) is 3.76. The molecule has 0 aliphatic carbocycles. The van der Waals surface area contributed by atoms with E-state index in [1.165, 1.54) is 18.5 Å². The van der Waals surface area contributed by atoms with Crippen LogP contribution in [0.3, 0.4) is 0 Å². The van der Waals surface area contributed by atoms with Gasteiger partial charge in [-0.25, -0.2) is 0 Å². The average molecular weight is 198 g/mol. The molecule has 13 heavy (non-hydrogen) atoms. The molecule has 1 N–H and O–H groups in total. The monoisotopic (exact) mass is 197 g/mol. The Morgan fingerprint density at radius 1 is 1.23 bits per heavy atom. The highest BCUT2D eigenvalue weighted by molar-refractivity contribution is 5.85. The van der Waals surface area contributed by atoms with Crippen molar-refractivity contribution in [2.45, 2.75) is 19.4 Å². The van der Waals surface area contributed by atoms with Crippen LogP contribution in [0.25, 0.3) is 0 Å². The van der Waals surface area contributed by atoms with Crippen molar-refractivity contribution < 1.29 is 0 Å². The first kappa shape index (κ1) is 10.6. The van der Waals surface area contributed by atoms with E-state index in [0.717, 1.165) is 5.92 Å². The lowest BCUT2D eigenvalue weighted by Gasteiger charge is -2.09. The maximum absolute atomic E-state index is 3.52. The van der Waals surface area contributed by atoms with Crippen LogP contribution in [0.1, 0.15) is 24.9 Å². The molecule has 1 aromatic carbocycles. The van der Waals surface area contributed by atoms with Crippen LogP contribution >= 0.6 is 12.4 Å². The van der Waals surface area contributed by atoms with Gasteiger partial charge in [-0.3, -0.25) is 0 Å². The maximum atomic E-state index is 3.52. The summed E-state index contributed by atoms with van der Waals surface area (Å²) in [6, 6.07) is 11.3. The normalized spacial score (nSPS) is 26.8. The van der Waals surface area contributed by atoms with E-state index in [1.807, 2.05) is 0 Å². The molecule has 0 radical (unpaired) electrons. The molecule has 1 aliphatic rings. The molecule has 0 bridgehead atoms. The summed E-state index contributed by atoms with van der Waals surface area (Å²) in [5.74, 6) is 0.829. The average Bonchev–Trinajstić information content (AvgIpc) is 2.54. The van der Waals surface area contributed by atoms with E-state index in [4.69, 9.17) is 0 Å². The van der Waals surface area contributed by atoms with E-state index in [0.29, 0.717) is 6.04 Å². The number of halogens is 1. The second-order valence-corrected chi connectivity index (χ2v) is 3.71. The van der Waals surface area contributed by atoms with Crippen molar-refractivity contribution in [3.05, 3.63) is 35.9 Å². The van der Waals surface area contributed by atoms with E-state index < -0.39 is 0 Å². The van der Waals surface area contributed by atoms with Gasteiger partial charge >= 0.3 is 0 Å². The molecule has 0 spiro atoms. The summed E-state index contributed by atoms with van der Waals surface area (Å²) < 4.78 is 0. The molecule has 1 aliphatic heterocycles. The third kappa shape index (κ3) is 2.45. The first-order chi connectivity index (χ1) is 5.86. The fourth-order valence-corrected chi connectivity index (χ4v) is 1.85. The van der Waals surface area contributed by atoms with Crippen LogP contribution in [0, 0.1) is 5.92 Å². The van der Waals surface area contributed by atoms with Crippen molar-refractivity contribution in [1.82, 2.24) is 5.32 Å². The molecule has 0 amide bonds. The van der Waals surface area contributed by atoms with Gasteiger partial charge < -0.3 is 5.32 Å². The van der Waals surface area contributed by atoms with Gasteiger partial charge in [-0.2, -0.15) is 0 Å². The van der Waals surface area contributed by atoms with Gasteiger partial charge in [0.2, 0.25) is 0 Å². The van der Waals surface area contributed by atoms with Gasteiger partial charge in [0.25, 0.3) is 0 Å². The summed E-state index contributed by atoms with van der Waals surface area (Å²) >= 11 is 0. The molecule has 1 fully saturated rings. The van der Waals surface area contributed by atoms with Gasteiger partial charge in [-0.1, -0.05) is 37.3 Å². The van der Waals surface area contributed by atoms with Crippen molar-refractivity contribution >= 4 is 12.4 Å². The predicted octanol–water partition coefficient (Wildman–Crippen LogP) is 2.78. The Labute approximate surface area is 86.0 Å². The first-order valence-electron chi connectivity index (χ1n) is 4.64. The van der Waals surface area contributed by atoms with Crippen LogP contribution in [-0.2, 0) is 0 Å². The van der Waals surface area contributed by atoms with E-state index in [-0.39, 0.29) is 12.4 Å². The maximum Gasteiger partial charge on any atom is 0.0323 e. The van der Waals surface area contributed by atoms with Crippen molar-refractivity contribution in [1.29, 1.82) is 0 Å². The lowest BCUT2D eigenvalue weighted by molar-refractivity contribution is 0.612. The molecule has 1 aromatic rings. The van der Waals surface area contributed by atoms with Crippen molar-refractivity contribution in [3.63, 3.8) is 0 Å². The minimum atomic E-state index is 0. The fraction of sp³-hybridized carbons (Fsp3) is 0.455. The summed E-state index contributed by atoms with van der Waals surface area (Å²) in [7, 11) is 0. The van der Waals surface area contributed by atoms with Gasteiger partial charge in [-0.05, 0) is 24.4 Å². The molecular weight excluding hydrogens is 182 g/mol. The van der Waals surface area contributed by atoms with Crippen molar-refractivity contribution in [2.75, 3.05) is 6.54 Å². The highest BCUT2D eigenvalue weighted by Gasteiger charge is 2.21. The number of nitrogens with one attached hydrogen (secondary N) is 1. The third-order valence-electron chi connectivity index (χ3n) is 2.55. The number of hydrogen-bond donors (Lipinski definition) is 1. The minimum absolute atomic E-state index is 0. The zero-order valence-corrected chi connectivity index (χ0v) is 8.68. The Morgan fingerprint density at radius 3 is 2.46 bits per heavy atom. The Bertz CT molecular complexity index is 248. The molecule has 1 nitrogen and oxygen atoms in total. The summed E-state index contributed by atoms with van der Waals surface area (Å²) in [6.45, 7) is 3.47. The Hall–Kier alpha value is -0.530. The van der Waals surface area contributed by atoms with Gasteiger partial charge in [0, 0.05) is 6.04 Å². The highest BCUT2D eigenvalue weighted by atomic mass is 35.5. The molecule has 2 atom stereocenters. The Morgan fingerprint density at radius 2 is 1.92 bits per heavy atom. The SMILES string of the molecule is CC1CNC(c2ccccc2)C1.Cl. The zero-order valence-electron chi connectivity index (χ0n) is 7.86. The Balaban J connectivity index is 0.000000845. The van der Waals surface area contributed by atoms with Crippen LogP contribution in [0.15, 0.2) is 30.3 Å². The zero-order chi connectivity index (χ0) is 8.39. The van der Waals surface area contributed by atoms with Crippen LogP contribution in [0.4, 0.5) is 0 Å². The molecule has 1 heterocycles. The van der Waals surface area contributed by atoms with Gasteiger partial charge in [0.05, 0.1) is 0 Å². The van der Waals surface area contributed by atoms with Gasteiger partial charge in [0.15, 0.2) is 0 Å². The number of rotatable bonds is 1. The lowest BCUT2D eigenvalue weighted by Crippen LogP contribution is -2.12. The minimum Gasteiger partial charge on any atom is -0.310 e. The highest BCUT2D eigenvalue weighted by Crippen LogP contribution is 2.25. The largest absolute Gasteiger partial charge is 0.310 e. The van der Waals surface area contributed by atoms with Crippen molar-refractivity contribution in [3.8, 4) is 0 Å². The summed E-state index contributed by atoms with van der Waals surface area (Å²) in [5.41, 5.74) is 1.43. The number of hydrogen-bond acceptors (Lipinski definition) is 1. The first-order valence-corrected chi connectivity index (χ1v) is 4.64. The lowest BCUT2D eigenvalue weighted by atomic mass is 10.0. The van der Waals surface area contributed by atoms with Crippen LogP contribution < -0.4 is 5.32 Å². The van der Waals surface area contributed by atoms with Gasteiger partial charge in [-0.15, -0.1) is 12.4 Å². The van der Waals surface area contributed by atoms with E-state index >= 15 is 0 Å². The molecule has 1 saturated heterocycles. The molecule has 2 unspecified atom stereocenters. The van der Waals surface area contributed by atoms with Gasteiger partial charge in [0.1, 0.15) is 0 Å². The summed E-state index contributed by atoms with van der Waals surface area (Å²) in [6.07, 6.45) is 1.28. The fourth-order valence-electron chi connectivity index (χ4n) is 1.85. The molecule has 0 aromatic heterocycles. The second kappa shape index (κ2) is 4.64. The third-order valence-corrected chi connectivity index (χ3v) is 2.55. The quantitative estimate of drug-likeness (QED) is 0.730. The van der Waals surface area contributed by atoms with E-state index in [2.05, 4.69) is 42.6 Å². The second-order valence-electron chi connectivity index (χ2n) is 3.71. The molecule has 0 saturated carbocycles. The van der Waals surface area contributed by atoms with E-state index in [1.54, 1.807) is 0 Å². The molecule has 72 valence electrons. The van der Waals surface area contributed by atoms with Crippen LogP contribution in [-0.4, -0.2) is 6.54 Å².